The zero-order chi connectivity index (χ0) is 10.8. The van der Waals surface area contributed by atoms with Crippen LogP contribution < -0.4 is 10.2 Å². The van der Waals surface area contributed by atoms with Crippen LogP contribution in [0.25, 0.3) is 0 Å². The zero-order valence-corrected chi connectivity index (χ0v) is 8.63. The summed E-state index contributed by atoms with van der Waals surface area (Å²) in [6, 6.07) is 15.7. The number of hydrogen-bond acceptors (Lipinski definition) is 2. The minimum Gasteiger partial charge on any atom is -0.457 e. The lowest BCUT2D eigenvalue weighted by Crippen LogP contribution is -2.11. The highest BCUT2D eigenvalue weighted by Crippen LogP contribution is 2.23. The summed E-state index contributed by atoms with van der Waals surface area (Å²) in [5.41, 5.74) is 2.15. The van der Waals surface area contributed by atoms with E-state index < -0.39 is 0 Å². The van der Waals surface area contributed by atoms with E-state index in [0.717, 1.165) is 22.5 Å². The first-order valence-corrected chi connectivity index (χ1v) is 5.16. The first-order chi connectivity index (χ1) is 7.93. The SMILES string of the molecule is [B]1N=Cc2c1cccc2Oc1ccccc1. The molecule has 0 amide bonds. The van der Waals surface area contributed by atoms with Gasteiger partial charge in [0.1, 0.15) is 11.5 Å². The van der Waals surface area contributed by atoms with Gasteiger partial charge in [-0.2, -0.15) is 0 Å². The average Bonchev–Trinajstić information content (AvgIpc) is 2.80. The van der Waals surface area contributed by atoms with Crippen LogP contribution in [-0.4, -0.2) is 13.6 Å². The fraction of sp³-hybridized carbons (Fsp3) is 0. The van der Waals surface area contributed by atoms with Crippen molar-refractivity contribution in [3.63, 3.8) is 0 Å². The van der Waals surface area contributed by atoms with Crippen molar-refractivity contribution in [1.82, 2.24) is 0 Å². The van der Waals surface area contributed by atoms with Crippen molar-refractivity contribution in [1.29, 1.82) is 0 Å². The summed E-state index contributed by atoms with van der Waals surface area (Å²) < 4.78 is 5.81. The molecule has 0 unspecified atom stereocenters. The molecule has 1 aliphatic heterocycles. The first-order valence-electron chi connectivity index (χ1n) is 5.16. The first kappa shape index (κ1) is 9.22. The van der Waals surface area contributed by atoms with Crippen LogP contribution in [0.15, 0.2) is 53.4 Å². The van der Waals surface area contributed by atoms with Crippen LogP contribution in [0.3, 0.4) is 0 Å². The predicted molar refractivity (Wildman–Crippen MR) is 65.9 cm³/mol. The summed E-state index contributed by atoms with van der Waals surface area (Å²) in [5, 5.41) is 0. The molecule has 1 radical (unpaired) electrons. The van der Waals surface area contributed by atoms with E-state index >= 15 is 0 Å². The average molecular weight is 206 g/mol. The molecule has 0 fully saturated rings. The lowest BCUT2D eigenvalue weighted by Gasteiger charge is -2.08. The Morgan fingerprint density at radius 2 is 1.81 bits per heavy atom. The molecular weight excluding hydrogens is 197 g/mol. The number of para-hydroxylation sites is 1. The van der Waals surface area contributed by atoms with E-state index in [0.29, 0.717) is 0 Å². The van der Waals surface area contributed by atoms with Crippen molar-refractivity contribution in [3.8, 4) is 11.5 Å². The fourth-order valence-corrected chi connectivity index (χ4v) is 1.71. The van der Waals surface area contributed by atoms with Crippen molar-refractivity contribution in [2.75, 3.05) is 0 Å². The van der Waals surface area contributed by atoms with Gasteiger partial charge in [0.25, 0.3) is 0 Å². The second-order valence-corrected chi connectivity index (χ2v) is 3.58. The highest BCUT2D eigenvalue weighted by molar-refractivity contribution is 6.58. The molecule has 3 rings (SSSR count). The second-order valence-electron chi connectivity index (χ2n) is 3.58. The van der Waals surface area contributed by atoms with Crippen LogP contribution in [0.1, 0.15) is 5.56 Å². The molecule has 0 N–H and O–H groups in total. The van der Waals surface area contributed by atoms with Crippen LogP contribution in [0, 0.1) is 0 Å². The van der Waals surface area contributed by atoms with Crippen LogP contribution in [0.4, 0.5) is 0 Å². The third kappa shape index (κ3) is 1.61. The Balaban J connectivity index is 1.97. The molecule has 0 atom stereocenters. The van der Waals surface area contributed by atoms with Gasteiger partial charge in [0.05, 0.1) is 0 Å². The minimum atomic E-state index is 0.844. The summed E-state index contributed by atoms with van der Waals surface area (Å²) in [6.07, 6.45) is 1.83. The number of fused-ring (bicyclic) bond motifs is 1. The molecule has 0 bridgehead atoms. The summed E-state index contributed by atoms with van der Waals surface area (Å²) in [5.74, 6) is 1.69. The largest absolute Gasteiger partial charge is 0.457 e. The number of benzene rings is 2. The molecule has 16 heavy (non-hydrogen) atoms. The Bertz CT molecular complexity index is 537. The Morgan fingerprint density at radius 3 is 2.69 bits per heavy atom. The number of ether oxygens (including phenoxy) is 1. The Kier molecular flexibility index (Phi) is 2.22. The maximum atomic E-state index is 5.81. The van der Waals surface area contributed by atoms with Gasteiger partial charge in [-0.15, -0.1) is 0 Å². The zero-order valence-electron chi connectivity index (χ0n) is 8.63. The summed E-state index contributed by atoms with van der Waals surface area (Å²) in [4.78, 5) is 4.12. The number of nitrogens with zero attached hydrogens (tertiary/aromatic N) is 1. The molecule has 3 heteroatoms. The van der Waals surface area contributed by atoms with Crippen LogP contribution in [0.2, 0.25) is 0 Å². The summed E-state index contributed by atoms with van der Waals surface area (Å²) in [6.45, 7) is 0. The second kappa shape index (κ2) is 3.85. The molecule has 2 aromatic rings. The molecule has 75 valence electrons. The topological polar surface area (TPSA) is 21.6 Å². The summed E-state index contributed by atoms with van der Waals surface area (Å²) >= 11 is 0. The molecule has 0 aromatic heterocycles. The molecule has 1 aliphatic rings. The lowest BCUT2D eigenvalue weighted by molar-refractivity contribution is 0.482. The van der Waals surface area contributed by atoms with Crippen molar-refractivity contribution >= 4 is 19.1 Å². The molecular formula is C13H9BNO. The Hall–Kier alpha value is -2.03. The maximum absolute atomic E-state index is 5.81. The molecule has 2 nitrogen and oxygen atoms in total. The standard InChI is InChI=1S/C13H9BNO/c1-2-5-10(6-3-1)16-13-8-4-7-12-11(13)9-15-14-12/h1-9H. The smallest absolute Gasteiger partial charge is 0.312 e. The van der Waals surface area contributed by atoms with Gasteiger partial charge in [0, 0.05) is 11.8 Å². The third-order valence-corrected chi connectivity index (χ3v) is 2.49. The highest BCUT2D eigenvalue weighted by atomic mass is 16.5. The molecule has 0 saturated carbocycles. The lowest BCUT2D eigenvalue weighted by atomic mass is 9.84. The van der Waals surface area contributed by atoms with E-state index in [-0.39, 0.29) is 0 Å². The number of rotatable bonds is 2. The van der Waals surface area contributed by atoms with E-state index in [4.69, 9.17) is 4.74 Å². The van der Waals surface area contributed by atoms with Gasteiger partial charge in [0.2, 0.25) is 0 Å². The maximum Gasteiger partial charge on any atom is 0.312 e. The molecule has 0 spiro atoms. The van der Waals surface area contributed by atoms with Crippen molar-refractivity contribution in [3.05, 3.63) is 54.1 Å². The van der Waals surface area contributed by atoms with Gasteiger partial charge in [0.15, 0.2) is 0 Å². The van der Waals surface area contributed by atoms with E-state index in [2.05, 4.69) is 4.90 Å². The van der Waals surface area contributed by atoms with Crippen molar-refractivity contribution in [2.24, 2.45) is 4.90 Å². The Morgan fingerprint density at radius 1 is 0.938 bits per heavy atom. The normalized spacial score (nSPS) is 12.0. The van der Waals surface area contributed by atoms with Gasteiger partial charge >= 0.3 is 7.41 Å². The highest BCUT2D eigenvalue weighted by Gasteiger charge is 2.13. The van der Waals surface area contributed by atoms with Gasteiger partial charge in [-0.25, -0.2) is 0 Å². The fourth-order valence-electron chi connectivity index (χ4n) is 1.71. The van der Waals surface area contributed by atoms with Crippen LogP contribution in [0.5, 0.6) is 11.5 Å². The van der Waals surface area contributed by atoms with E-state index in [1.165, 1.54) is 0 Å². The third-order valence-electron chi connectivity index (χ3n) is 2.49. The Labute approximate surface area is 94.9 Å². The quantitative estimate of drug-likeness (QED) is 0.690. The number of hydrogen-bond donors (Lipinski definition) is 0. The van der Waals surface area contributed by atoms with Crippen LogP contribution in [-0.2, 0) is 0 Å². The predicted octanol–water partition coefficient (Wildman–Crippen LogP) is 2.16. The van der Waals surface area contributed by atoms with E-state index in [9.17, 15) is 0 Å². The van der Waals surface area contributed by atoms with E-state index in [1.54, 1.807) is 0 Å². The van der Waals surface area contributed by atoms with E-state index in [1.807, 2.05) is 62.2 Å². The van der Waals surface area contributed by atoms with Crippen LogP contribution >= 0.6 is 0 Å². The van der Waals surface area contributed by atoms with Crippen molar-refractivity contribution in [2.45, 2.75) is 0 Å². The van der Waals surface area contributed by atoms with Crippen molar-refractivity contribution < 1.29 is 4.74 Å². The molecule has 0 saturated heterocycles. The van der Waals surface area contributed by atoms with Gasteiger partial charge in [-0.3, -0.25) is 0 Å². The van der Waals surface area contributed by atoms with Gasteiger partial charge in [-0.1, -0.05) is 30.3 Å². The molecule has 0 aliphatic carbocycles. The van der Waals surface area contributed by atoms with Gasteiger partial charge in [-0.05, 0) is 23.7 Å². The molecule has 1 heterocycles. The minimum absolute atomic E-state index is 0.844. The molecule has 2 aromatic carbocycles. The monoisotopic (exact) mass is 206 g/mol. The van der Waals surface area contributed by atoms with Gasteiger partial charge < -0.3 is 9.64 Å². The summed E-state index contributed by atoms with van der Waals surface area (Å²) in [7, 11) is 1.84.